The second kappa shape index (κ2) is 6.18. The molecule has 1 fully saturated rings. The fraction of sp³-hybridized carbons (Fsp3) is 0.846. The van der Waals surface area contributed by atoms with Gasteiger partial charge in [0.2, 0.25) is 5.91 Å². The van der Waals surface area contributed by atoms with Gasteiger partial charge in [-0.05, 0) is 33.6 Å². The molecule has 0 aromatic heterocycles. The molecule has 0 bridgehead atoms. The van der Waals surface area contributed by atoms with E-state index in [0.29, 0.717) is 19.8 Å². The Balaban J connectivity index is 2.68. The number of hydrogen-bond donors (Lipinski definition) is 0. The third-order valence-corrected chi connectivity index (χ3v) is 3.51. The summed E-state index contributed by atoms with van der Waals surface area (Å²) in [6, 6.07) is 0. The van der Waals surface area contributed by atoms with Crippen molar-refractivity contribution in [3.63, 3.8) is 0 Å². The van der Waals surface area contributed by atoms with E-state index in [-0.39, 0.29) is 17.8 Å². The topological polar surface area (TPSA) is 55.8 Å². The van der Waals surface area contributed by atoms with Crippen molar-refractivity contribution in [1.29, 1.82) is 0 Å². The van der Waals surface area contributed by atoms with Gasteiger partial charge >= 0.3 is 5.97 Å². The molecule has 0 aliphatic carbocycles. The molecule has 1 heterocycles. The maximum atomic E-state index is 12.3. The largest absolute Gasteiger partial charge is 0.464 e. The molecule has 1 aliphatic heterocycles. The van der Waals surface area contributed by atoms with Gasteiger partial charge < -0.3 is 14.4 Å². The van der Waals surface area contributed by atoms with Gasteiger partial charge in [0, 0.05) is 26.2 Å². The first-order valence-corrected chi connectivity index (χ1v) is 6.44. The molecule has 5 nitrogen and oxygen atoms in total. The number of hydrogen-bond acceptors (Lipinski definition) is 4. The summed E-state index contributed by atoms with van der Waals surface area (Å²) in [4.78, 5) is 25.7. The van der Waals surface area contributed by atoms with Crippen LogP contribution in [0.2, 0.25) is 0 Å². The highest BCUT2D eigenvalue weighted by molar-refractivity contribution is 5.88. The molecular formula is C13H23NO4. The highest BCUT2D eigenvalue weighted by Gasteiger charge is 2.39. The third-order valence-electron chi connectivity index (χ3n) is 3.51. The van der Waals surface area contributed by atoms with Crippen LogP contribution in [-0.2, 0) is 19.1 Å². The van der Waals surface area contributed by atoms with E-state index in [0.717, 1.165) is 12.8 Å². The van der Waals surface area contributed by atoms with Crippen LogP contribution >= 0.6 is 0 Å². The van der Waals surface area contributed by atoms with E-state index in [1.54, 1.807) is 27.8 Å². The van der Waals surface area contributed by atoms with E-state index >= 15 is 0 Å². The van der Waals surface area contributed by atoms with Crippen molar-refractivity contribution in [3.05, 3.63) is 0 Å². The van der Waals surface area contributed by atoms with Crippen LogP contribution < -0.4 is 0 Å². The van der Waals surface area contributed by atoms with Crippen LogP contribution in [-0.4, -0.2) is 49.2 Å². The Morgan fingerprint density at radius 3 is 2.39 bits per heavy atom. The van der Waals surface area contributed by atoms with E-state index in [1.165, 1.54) is 4.90 Å². The highest BCUT2D eigenvalue weighted by Crippen LogP contribution is 2.22. The molecule has 1 amide bonds. The smallest absolute Gasteiger partial charge is 0.331 e. The SMILES string of the molecule is CCOC(=O)C(C)(C)N(C)C(=O)C1CCOCC1. The van der Waals surface area contributed by atoms with Gasteiger partial charge in [0.05, 0.1) is 6.61 Å². The monoisotopic (exact) mass is 257 g/mol. The van der Waals surface area contributed by atoms with E-state index in [9.17, 15) is 9.59 Å². The summed E-state index contributed by atoms with van der Waals surface area (Å²) in [5, 5.41) is 0. The molecule has 0 spiro atoms. The van der Waals surface area contributed by atoms with Crippen molar-refractivity contribution in [3.8, 4) is 0 Å². The Morgan fingerprint density at radius 2 is 1.89 bits per heavy atom. The fourth-order valence-electron chi connectivity index (χ4n) is 1.94. The molecule has 0 N–H and O–H groups in total. The molecule has 0 aromatic rings. The fourth-order valence-corrected chi connectivity index (χ4v) is 1.94. The molecule has 5 heteroatoms. The molecule has 0 unspecified atom stereocenters. The number of carbonyl (C=O) groups excluding carboxylic acids is 2. The Bertz CT molecular complexity index is 308. The summed E-state index contributed by atoms with van der Waals surface area (Å²) in [6.45, 7) is 6.73. The van der Waals surface area contributed by atoms with Crippen LogP contribution in [0, 0.1) is 5.92 Å². The predicted molar refractivity (Wildman–Crippen MR) is 67.0 cm³/mol. The van der Waals surface area contributed by atoms with Crippen LogP contribution in [0.5, 0.6) is 0 Å². The number of nitrogens with zero attached hydrogens (tertiary/aromatic N) is 1. The first-order chi connectivity index (χ1) is 8.41. The molecule has 1 aliphatic rings. The first-order valence-electron chi connectivity index (χ1n) is 6.44. The number of likely N-dealkylation sites (N-methyl/N-ethyl adjacent to an activating group) is 1. The van der Waals surface area contributed by atoms with Crippen molar-refractivity contribution in [1.82, 2.24) is 4.90 Å². The zero-order valence-electron chi connectivity index (χ0n) is 11.7. The third kappa shape index (κ3) is 3.22. The summed E-state index contributed by atoms with van der Waals surface area (Å²) in [5.74, 6) is -0.415. The molecule has 0 aromatic carbocycles. The Hall–Kier alpha value is -1.10. The van der Waals surface area contributed by atoms with Crippen molar-refractivity contribution >= 4 is 11.9 Å². The summed E-state index contributed by atoms with van der Waals surface area (Å²) >= 11 is 0. The molecule has 1 rings (SSSR count). The number of ether oxygens (including phenoxy) is 2. The van der Waals surface area contributed by atoms with Gasteiger partial charge in [-0.15, -0.1) is 0 Å². The van der Waals surface area contributed by atoms with Crippen molar-refractivity contribution in [2.75, 3.05) is 26.9 Å². The van der Waals surface area contributed by atoms with Crippen LogP contribution in [0.4, 0.5) is 0 Å². The zero-order valence-corrected chi connectivity index (χ0v) is 11.7. The number of carbonyl (C=O) groups is 2. The lowest BCUT2D eigenvalue weighted by Gasteiger charge is -2.36. The van der Waals surface area contributed by atoms with E-state index in [1.807, 2.05) is 0 Å². The number of rotatable bonds is 4. The lowest BCUT2D eigenvalue weighted by atomic mass is 9.95. The normalized spacial score (nSPS) is 17.3. The van der Waals surface area contributed by atoms with Gasteiger partial charge in [-0.2, -0.15) is 0 Å². The van der Waals surface area contributed by atoms with E-state index < -0.39 is 5.54 Å². The van der Waals surface area contributed by atoms with Gasteiger partial charge in [0.15, 0.2) is 0 Å². The van der Waals surface area contributed by atoms with Crippen LogP contribution in [0.1, 0.15) is 33.6 Å². The molecule has 0 radical (unpaired) electrons. The average molecular weight is 257 g/mol. The van der Waals surface area contributed by atoms with Crippen molar-refractivity contribution in [2.45, 2.75) is 39.2 Å². The lowest BCUT2D eigenvalue weighted by molar-refractivity contribution is -0.162. The van der Waals surface area contributed by atoms with Gasteiger partial charge in [0.25, 0.3) is 0 Å². The van der Waals surface area contributed by atoms with Crippen molar-refractivity contribution < 1.29 is 19.1 Å². The molecule has 104 valence electrons. The number of amides is 1. The Kier molecular flexibility index (Phi) is 5.14. The molecule has 18 heavy (non-hydrogen) atoms. The summed E-state index contributed by atoms with van der Waals surface area (Å²) in [6.07, 6.45) is 1.45. The molecular weight excluding hydrogens is 234 g/mol. The van der Waals surface area contributed by atoms with Crippen LogP contribution in [0.15, 0.2) is 0 Å². The van der Waals surface area contributed by atoms with Gasteiger partial charge in [-0.25, -0.2) is 4.79 Å². The zero-order chi connectivity index (χ0) is 13.8. The maximum Gasteiger partial charge on any atom is 0.331 e. The maximum absolute atomic E-state index is 12.3. The average Bonchev–Trinajstić information content (AvgIpc) is 2.38. The summed E-state index contributed by atoms with van der Waals surface area (Å²) in [5.41, 5.74) is -0.925. The Morgan fingerprint density at radius 1 is 1.33 bits per heavy atom. The van der Waals surface area contributed by atoms with Crippen LogP contribution in [0.3, 0.4) is 0 Å². The summed E-state index contributed by atoms with van der Waals surface area (Å²) < 4.78 is 10.2. The highest BCUT2D eigenvalue weighted by atomic mass is 16.5. The number of esters is 1. The van der Waals surface area contributed by atoms with Crippen LogP contribution in [0.25, 0.3) is 0 Å². The van der Waals surface area contributed by atoms with Gasteiger partial charge in [0.1, 0.15) is 5.54 Å². The molecule has 0 saturated carbocycles. The lowest BCUT2D eigenvalue weighted by Crippen LogP contribution is -2.53. The Labute approximate surface area is 108 Å². The second-order valence-electron chi connectivity index (χ2n) is 5.06. The van der Waals surface area contributed by atoms with E-state index in [4.69, 9.17) is 9.47 Å². The quantitative estimate of drug-likeness (QED) is 0.710. The van der Waals surface area contributed by atoms with Gasteiger partial charge in [-0.3, -0.25) is 4.79 Å². The predicted octanol–water partition coefficient (Wildman–Crippen LogP) is 1.21. The minimum Gasteiger partial charge on any atom is -0.464 e. The minimum absolute atomic E-state index is 0.00338. The first kappa shape index (κ1) is 15.0. The van der Waals surface area contributed by atoms with Crippen molar-refractivity contribution in [2.24, 2.45) is 5.92 Å². The minimum atomic E-state index is -0.925. The molecule has 1 saturated heterocycles. The standard InChI is InChI=1S/C13H23NO4/c1-5-18-12(16)13(2,3)14(4)11(15)10-6-8-17-9-7-10/h10H,5-9H2,1-4H3. The summed E-state index contributed by atoms with van der Waals surface area (Å²) in [7, 11) is 1.66. The van der Waals surface area contributed by atoms with Gasteiger partial charge in [-0.1, -0.05) is 0 Å². The molecule has 0 atom stereocenters. The second-order valence-corrected chi connectivity index (χ2v) is 5.06. The van der Waals surface area contributed by atoms with E-state index in [2.05, 4.69) is 0 Å².